The maximum absolute atomic E-state index is 5.64. The molecule has 2 aromatic rings. The van der Waals surface area contributed by atoms with Gasteiger partial charge in [-0.25, -0.2) is 4.98 Å². The first-order valence-electron chi connectivity index (χ1n) is 5.91. The minimum Gasteiger partial charge on any atom is -0.497 e. The van der Waals surface area contributed by atoms with Gasteiger partial charge < -0.3 is 19.8 Å². The first-order chi connectivity index (χ1) is 8.69. The SMILES string of the molecule is COc1ccc2c(c1)nc(CC(CN)OC)n2C. The molecule has 5 nitrogen and oxygen atoms in total. The summed E-state index contributed by atoms with van der Waals surface area (Å²) in [7, 11) is 5.32. The van der Waals surface area contributed by atoms with Crippen LogP contribution in [0.25, 0.3) is 11.0 Å². The number of imidazole rings is 1. The fraction of sp³-hybridized carbons (Fsp3) is 0.462. The lowest BCUT2D eigenvalue weighted by molar-refractivity contribution is 0.108. The summed E-state index contributed by atoms with van der Waals surface area (Å²) in [5.74, 6) is 1.78. The van der Waals surface area contributed by atoms with Gasteiger partial charge >= 0.3 is 0 Å². The molecule has 0 bridgehead atoms. The molecule has 1 aromatic heterocycles. The first kappa shape index (κ1) is 12.9. The summed E-state index contributed by atoms with van der Waals surface area (Å²) >= 11 is 0. The Labute approximate surface area is 107 Å². The number of aromatic nitrogens is 2. The van der Waals surface area contributed by atoms with E-state index in [4.69, 9.17) is 15.2 Å². The van der Waals surface area contributed by atoms with Gasteiger partial charge in [0.1, 0.15) is 11.6 Å². The van der Waals surface area contributed by atoms with Gasteiger partial charge in [0.2, 0.25) is 0 Å². The highest BCUT2D eigenvalue weighted by Gasteiger charge is 2.13. The molecule has 2 N–H and O–H groups in total. The molecule has 2 rings (SSSR count). The van der Waals surface area contributed by atoms with Crippen molar-refractivity contribution in [3.8, 4) is 5.75 Å². The van der Waals surface area contributed by atoms with Gasteiger partial charge in [-0.3, -0.25) is 0 Å². The van der Waals surface area contributed by atoms with Crippen LogP contribution in [0.4, 0.5) is 0 Å². The molecule has 0 amide bonds. The molecule has 5 heteroatoms. The van der Waals surface area contributed by atoms with E-state index in [-0.39, 0.29) is 6.10 Å². The third kappa shape index (κ3) is 2.32. The first-order valence-corrected chi connectivity index (χ1v) is 5.91. The number of nitrogens with two attached hydrogens (primary N) is 1. The van der Waals surface area contributed by atoms with Gasteiger partial charge in [-0.1, -0.05) is 0 Å². The van der Waals surface area contributed by atoms with Crippen molar-refractivity contribution < 1.29 is 9.47 Å². The molecular formula is C13H19N3O2. The van der Waals surface area contributed by atoms with Gasteiger partial charge in [-0.15, -0.1) is 0 Å². The van der Waals surface area contributed by atoms with Crippen LogP contribution in [0.1, 0.15) is 5.82 Å². The summed E-state index contributed by atoms with van der Waals surface area (Å²) in [6.07, 6.45) is 0.711. The molecule has 18 heavy (non-hydrogen) atoms. The van der Waals surface area contributed by atoms with Crippen molar-refractivity contribution in [3.05, 3.63) is 24.0 Å². The lowest BCUT2D eigenvalue weighted by Gasteiger charge is -2.12. The summed E-state index contributed by atoms with van der Waals surface area (Å²) < 4.78 is 12.6. The average molecular weight is 249 g/mol. The van der Waals surface area contributed by atoms with Gasteiger partial charge in [0.05, 0.1) is 24.2 Å². The Kier molecular flexibility index (Phi) is 3.84. The molecule has 1 aromatic carbocycles. The van der Waals surface area contributed by atoms with Crippen LogP contribution in [-0.4, -0.2) is 36.4 Å². The summed E-state index contributed by atoms with van der Waals surface area (Å²) in [6, 6.07) is 5.88. The predicted molar refractivity (Wildman–Crippen MR) is 70.8 cm³/mol. The van der Waals surface area contributed by atoms with E-state index >= 15 is 0 Å². The molecule has 0 spiro atoms. The number of hydrogen-bond acceptors (Lipinski definition) is 4. The van der Waals surface area contributed by atoms with E-state index < -0.39 is 0 Å². The van der Waals surface area contributed by atoms with E-state index in [9.17, 15) is 0 Å². The maximum Gasteiger partial charge on any atom is 0.121 e. The Bertz CT molecular complexity index is 532. The van der Waals surface area contributed by atoms with Crippen LogP contribution in [0.5, 0.6) is 5.75 Å². The van der Waals surface area contributed by atoms with Crippen LogP contribution >= 0.6 is 0 Å². The van der Waals surface area contributed by atoms with Crippen molar-refractivity contribution in [3.63, 3.8) is 0 Å². The zero-order valence-corrected chi connectivity index (χ0v) is 11.0. The number of fused-ring (bicyclic) bond motifs is 1. The summed E-state index contributed by atoms with van der Waals surface area (Å²) in [4.78, 5) is 4.60. The van der Waals surface area contributed by atoms with Crippen LogP contribution in [0.15, 0.2) is 18.2 Å². The third-order valence-corrected chi connectivity index (χ3v) is 3.19. The summed E-state index contributed by atoms with van der Waals surface area (Å²) in [5.41, 5.74) is 7.65. The quantitative estimate of drug-likeness (QED) is 0.862. The van der Waals surface area contributed by atoms with Crippen LogP contribution in [0.2, 0.25) is 0 Å². The second-order valence-electron chi connectivity index (χ2n) is 4.24. The number of methoxy groups -OCH3 is 2. The van der Waals surface area contributed by atoms with Crippen molar-refractivity contribution in [2.24, 2.45) is 12.8 Å². The topological polar surface area (TPSA) is 62.3 Å². The molecule has 0 aliphatic heterocycles. The molecule has 0 saturated carbocycles. The molecule has 1 atom stereocenters. The number of rotatable bonds is 5. The zero-order valence-electron chi connectivity index (χ0n) is 11.0. The number of ether oxygens (including phenoxy) is 2. The Morgan fingerprint density at radius 1 is 1.39 bits per heavy atom. The zero-order chi connectivity index (χ0) is 13.1. The molecule has 0 aliphatic carbocycles. The van der Waals surface area contributed by atoms with E-state index in [1.54, 1.807) is 14.2 Å². The Hall–Kier alpha value is -1.59. The van der Waals surface area contributed by atoms with Gasteiger partial charge in [0.15, 0.2) is 0 Å². The maximum atomic E-state index is 5.64. The molecule has 0 fully saturated rings. The van der Waals surface area contributed by atoms with Crippen LogP contribution in [-0.2, 0) is 18.2 Å². The Balaban J connectivity index is 2.37. The van der Waals surface area contributed by atoms with E-state index in [0.717, 1.165) is 22.6 Å². The standard InChI is InChI=1S/C13H19N3O2/c1-16-12-5-4-9(17-2)6-11(12)15-13(16)7-10(8-14)18-3/h4-6,10H,7-8,14H2,1-3H3. The molecule has 1 heterocycles. The van der Waals surface area contributed by atoms with Crippen LogP contribution in [0.3, 0.4) is 0 Å². The van der Waals surface area contributed by atoms with Gasteiger partial charge in [0.25, 0.3) is 0 Å². The number of hydrogen-bond donors (Lipinski definition) is 1. The minimum absolute atomic E-state index is 0.00223. The normalized spacial score (nSPS) is 12.9. The summed E-state index contributed by atoms with van der Waals surface area (Å²) in [6.45, 7) is 0.489. The molecule has 0 radical (unpaired) electrons. The Morgan fingerprint density at radius 3 is 2.78 bits per heavy atom. The molecule has 98 valence electrons. The van der Waals surface area contributed by atoms with Crippen molar-refractivity contribution in [1.82, 2.24) is 9.55 Å². The van der Waals surface area contributed by atoms with E-state index in [2.05, 4.69) is 9.55 Å². The Morgan fingerprint density at radius 2 is 2.17 bits per heavy atom. The largest absolute Gasteiger partial charge is 0.497 e. The average Bonchev–Trinajstić information content (AvgIpc) is 2.72. The smallest absolute Gasteiger partial charge is 0.121 e. The fourth-order valence-corrected chi connectivity index (χ4v) is 2.01. The summed E-state index contributed by atoms with van der Waals surface area (Å²) in [5, 5.41) is 0. The van der Waals surface area contributed by atoms with E-state index in [1.165, 1.54) is 0 Å². The second kappa shape index (κ2) is 5.37. The van der Waals surface area contributed by atoms with Crippen LogP contribution in [0, 0.1) is 0 Å². The molecular weight excluding hydrogens is 230 g/mol. The number of benzene rings is 1. The number of nitrogens with zero attached hydrogens (tertiary/aromatic N) is 2. The van der Waals surface area contributed by atoms with Crippen molar-refractivity contribution in [1.29, 1.82) is 0 Å². The van der Waals surface area contributed by atoms with Gasteiger partial charge in [-0.2, -0.15) is 0 Å². The monoisotopic (exact) mass is 249 g/mol. The van der Waals surface area contributed by atoms with E-state index in [0.29, 0.717) is 13.0 Å². The van der Waals surface area contributed by atoms with Crippen molar-refractivity contribution >= 4 is 11.0 Å². The highest BCUT2D eigenvalue weighted by Crippen LogP contribution is 2.21. The van der Waals surface area contributed by atoms with Crippen LogP contribution < -0.4 is 10.5 Å². The van der Waals surface area contributed by atoms with Crippen molar-refractivity contribution in [2.75, 3.05) is 20.8 Å². The fourth-order valence-electron chi connectivity index (χ4n) is 2.01. The minimum atomic E-state index is 0.00223. The highest BCUT2D eigenvalue weighted by molar-refractivity contribution is 5.77. The molecule has 1 unspecified atom stereocenters. The lowest BCUT2D eigenvalue weighted by atomic mass is 10.2. The van der Waals surface area contributed by atoms with Gasteiger partial charge in [0, 0.05) is 33.2 Å². The predicted octanol–water partition coefficient (Wildman–Crippen LogP) is 1.10. The van der Waals surface area contributed by atoms with E-state index in [1.807, 2.05) is 25.2 Å². The lowest BCUT2D eigenvalue weighted by Crippen LogP contribution is -2.25. The highest BCUT2D eigenvalue weighted by atomic mass is 16.5. The molecule has 0 aliphatic rings. The number of aryl methyl sites for hydroxylation is 1. The van der Waals surface area contributed by atoms with Gasteiger partial charge in [-0.05, 0) is 12.1 Å². The third-order valence-electron chi connectivity index (χ3n) is 3.19. The molecule has 0 saturated heterocycles. The van der Waals surface area contributed by atoms with Crippen molar-refractivity contribution in [2.45, 2.75) is 12.5 Å². The second-order valence-corrected chi connectivity index (χ2v) is 4.24.